The lowest BCUT2D eigenvalue weighted by molar-refractivity contribution is -0.136. The van der Waals surface area contributed by atoms with Crippen LogP contribution in [0.3, 0.4) is 0 Å². The molecule has 0 aliphatic heterocycles. The molecule has 0 spiro atoms. The number of carboxylic acid groups (broad SMARTS) is 1. The number of fused-ring (bicyclic) bond motifs is 1. The van der Waals surface area contributed by atoms with Crippen molar-refractivity contribution in [3.63, 3.8) is 0 Å². The zero-order chi connectivity index (χ0) is 24.1. The normalized spacial score (nSPS) is 10.9. The third kappa shape index (κ3) is 5.11. The van der Waals surface area contributed by atoms with E-state index in [1.54, 1.807) is 25.3 Å². The number of methoxy groups -OCH3 is 1. The van der Waals surface area contributed by atoms with Crippen molar-refractivity contribution in [2.45, 2.75) is 33.0 Å². The first kappa shape index (κ1) is 23.1. The molecule has 0 amide bonds. The van der Waals surface area contributed by atoms with Crippen LogP contribution in [0.4, 0.5) is 0 Å². The Morgan fingerprint density at radius 3 is 2.65 bits per heavy atom. The van der Waals surface area contributed by atoms with E-state index in [9.17, 15) is 15.2 Å². The molecule has 0 saturated heterocycles. The maximum Gasteiger partial charge on any atom is 0.307 e. The van der Waals surface area contributed by atoms with E-state index in [1.165, 1.54) is 5.56 Å². The maximum absolute atomic E-state index is 11.3. The van der Waals surface area contributed by atoms with E-state index < -0.39 is 5.97 Å². The van der Waals surface area contributed by atoms with Gasteiger partial charge in [0, 0.05) is 23.6 Å². The highest BCUT2D eigenvalue weighted by molar-refractivity contribution is 5.93. The molecule has 1 aromatic heterocycles. The quantitative estimate of drug-likeness (QED) is 0.338. The zero-order valence-corrected chi connectivity index (χ0v) is 19.1. The Hall–Kier alpha value is -4.08. The van der Waals surface area contributed by atoms with Crippen molar-refractivity contribution in [1.82, 2.24) is 0 Å². The van der Waals surface area contributed by atoms with Crippen LogP contribution in [-0.2, 0) is 35.6 Å². The van der Waals surface area contributed by atoms with Crippen LogP contribution in [0.2, 0.25) is 0 Å². The Labute approximate surface area is 198 Å². The molecule has 1 heterocycles. The van der Waals surface area contributed by atoms with Crippen molar-refractivity contribution in [2.75, 3.05) is 7.11 Å². The molecule has 0 bridgehead atoms. The number of furan rings is 1. The van der Waals surface area contributed by atoms with Gasteiger partial charge in [-0.15, -0.1) is 0 Å². The first-order valence-corrected chi connectivity index (χ1v) is 11.0. The number of hydrogen-bond acceptors (Lipinski definition) is 5. The fourth-order valence-corrected chi connectivity index (χ4v) is 3.97. The van der Waals surface area contributed by atoms with Crippen molar-refractivity contribution >= 4 is 16.9 Å². The molecule has 0 saturated carbocycles. The summed E-state index contributed by atoms with van der Waals surface area (Å²) in [6.45, 7) is 2.70. The Morgan fingerprint density at radius 1 is 1.06 bits per heavy atom. The van der Waals surface area contributed by atoms with Gasteiger partial charge in [0.1, 0.15) is 30.3 Å². The molecule has 172 valence electrons. The van der Waals surface area contributed by atoms with Crippen LogP contribution >= 0.6 is 0 Å². The fraction of sp³-hybridized carbons (Fsp3) is 0.214. The summed E-state index contributed by atoms with van der Waals surface area (Å²) in [6, 6.07) is 21.2. The molecule has 0 unspecified atom stereocenters. The van der Waals surface area contributed by atoms with Gasteiger partial charge >= 0.3 is 5.97 Å². The maximum atomic E-state index is 11.3. The molecule has 4 aromatic rings. The molecule has 0 aliphatic rings. The molecule has 3 aromatic carbocycles. The van der Waals surface area contributed by atoms with Crippen molar-refractivity contribution in [1.29, 1.82) is 5.26 Å². The molecule has 34 heavy (non-hydrogen) atoms. The van der Waals surface area contributed by atoms with Gasteiger partial charge in [-0.25, -0.2) is 0 Å². The monoisotopic (exact) mass is 455 g/mol. The van der Waals surface area contributed by atoms with Gasteiger partial charge in [0.2, 0.25) is 0 Å². The van der Waals surface area contributed by atoms with Gasteiger partial charge in [0.05, 0.1) is 18.1 Å². The predicted octanol–water partition coefficient (Wildman–Crippen LogP) is 5.89. The summed E-state index contributed by atoms with van der Waals surface area (Å²) in [7, 11) is 1.63. The summed E-state index contributed by atoms with van der Waals surface area (Å²) < 4.78 is 17.4. The standard InChI is InChI=1S/C28H25NO5/c1-3-18-5-4-6-21(9-18)25-11-20(10-23-13-24(17-32-2)34-28(23)25)16-33-26-12-19(15-29)7-8-22(26)14-27(30)31/h4-13H,3,14,16-17H2,1-2H3,(H,30,31). The topological polar surface area (TPSA) is 92.7 Å². The highest BCUT2D eigenvalue weighted by Gasteiger charge is 2.15. The second-order valence-electron chi connectivity index (χ2n) is 8.05. The van der Waals surface area contributed by atoms with E-state index in [0.29, 0.717) is 23.5 Å². The largest absolute Gasteiger partial charge is 0.489 e. The van der Waals surface area contributed by atoms with Crippen LogP contribution < -0.4 is 4.74 Å². The first-order valence-electron chi connectivity index (χ1n) is 11.0. The van der Waals surface area contributed by atoms with E-state index in [-0.39, 0.29) is 13.0 Å². The minimum absolute atomic E-state index is 0.183. The third-order valence-corrected chi connectivity index (χ3v) is 5.59. The highest BCUT2D eigenvalue weighted by atomic mass is 16.5. The molecule has 0 atom stereocenters. The number of nitrogens with zero attached hydrogens (tertiary/aromatic N) is 1. The number of nitriles is 1. The minimum atomic E-state index is -0.960. The zero-order valence-electron chi connectivity index (χ0n) is 19.1. The van der Waals surface area contributed by atoms with Gasteiger partial charge in [0.25, 0.3) is 0 Å². The molecule has 0 fully saturated rings. The Kier molecular flexibility index (Phi) is 6.95. The molecule has 1 N–H and O–H groups in total. The second kappa shape index (κ2) is 10.2. The molecular weight excluding hydrogens is 430 g/mol. The van der Waals surface area contributed by atoms with Gasteiger partial charge in [0.15, 0.2) is 0 Å². The number of aliphatic carboxylic acids is 1. The minimum Gasteiger partial charge on any atom is -0.489 e. The van der Waals surface area contributed by atoms with Gasteiger partial charge in [-0.2, -0.15) is 5.26 Å². The van der Waals surface area contributed by atoms with Crippen LogP contribution in [0.15, 0.2) is 65.1 Å². The van der Waals surface area contributed by atoms with Crippen molar-refractivity contribution < 1.29 is 23.8 Å². The molecule has 4 rings (SSSR count). The Morgan fingerprint density at radius 2 is 1.91 bits per heavy atom. The van der Waals surface area contributed by atoms with Crippen molar-refractivity contribution in [3.05, 3.63) is 88.7 Å². The lowest BCUT2D eigenvalue weighted by Crippen LogP contribution is -2.05. The number of benzene rings is 3. The van der Waals surface area contributed by atoms with Crippen LogP contribution in [-0.4, -0.2) is 18.2 Å². The van der Waals surface area contributed by atoms with E-state index in [2.05, 4.69) is 31.2 Å². The smallest absolute Gasteiger partial charge is 0.307 e. The molecular formula is C28H25NO5. The fourth-order valence-electron chi connectivity index (χ4n) is 3.97. The van der Waals surface area contributed by atoms with E-state index in [1.807, 2.05) is 24.3 Å². The first-order chi connectivity index (χ1) is 16.5. The number of rotatable bonds is 9. The molecule has 6 nitrogen and oxygen atoms in total. The summed E-state index contributed by atoms with van der Waals surface area (Å²) in [6.07, 6.45) is 0.742. The SMILES string of the molecule is CCc1cccc(-c2cc(COc3cc(C#N)ccc3CC(=O)O)cc3cc(COC)oc23)c1. The number of aryl methyl sites for hydroxylation is 1. The van der Waals surface area contributed by atoms with Crippen molar-refractivity contribution in [2.24, 2.45) is 0 Å². The number of carboxylic acids is 1. The number of hydrogen-bond donors (Lipinski definition) is 1. The lowest BCUT2D eigenvalue weighted by Gasteiger charge is -2.13. The Balaban J connectivity index is 1.74. The Bertz CT molecular complexity index is 1380. The summed E-state index contributed by atoms with van der Waals surface area (Å²) >= 11 is 0. The van der Waals surface area contributed by atoms with Crippen LogP contribution in [0.25, 0.3) is 22.1 Å². The summed E-state index contributed by atoms with van der Waals surface area (Å²) in [5.41, 5.74) is 5.83. The third-order valence-electron chi connectivity index (χ3n) is 5.59. The highest BCUT2D eigenvalue weighted by Crippen LogP contribution is 2.34. The van der Waals surface area contributed by atoms with Gasteiger partial charge < -0.3 is 19.0 Å². The second-order valence-corrected chi connectivity index (χ2v) is 8.05. The molecule has 0 aliphatic carbocycles. The van der Waals surface area contributed by atoms with Crippen LogP contribution in [0.1, 0.15) is 34.9 Å². The molecule has 0 radical (unpaired) electrons. The van der Waals surface area contributed by atoms with E-state index in [4.69, 9.17) is 13.9 Å². The van der Waals surface area contributed by atoms with E-state index >= 15 is 0 Å². The van der Waals surface area contributed by atoms with Crippen molar-refractivity contribution in [3.8, 4) is 22.9 Å². The predicted molar refractivity (Wildman–Crippen MR) is 129 cm³/mol. The van der Waals surface area contributed by atoms with Crippen LogP contribution in [0, 0.1) is 11.3 Å². The van der Waals surface area contributed by atoms with Gasteiger partial charge in [-0.3, -0.25) is 4.79 Å². The molecule has 6 heteroatoms. The number of carbonyl (C=O) groups is 1. The average molecular weight is 456 g/mol. The van der Waals surface area contributed by atoms with Gasteiger partial charge in [-0.1, -0.05) is 37.3 Å². The van der Waals surface area contributed by atoms with Crippen LogP contribution in [0.5, 0.6) is 5.75 Å². The number of ether oxygens (including phenoxy) is 2. The van der Waals surface area contributed by atoms with E-state index in [0.717, 1.165) is 39.8 Å². The average Bonchev–Trinajstić information content (AvgIpc) is 3.25. The summed E-state index contributed by atoms with van der Waals surface area (Å²) in [5.74, 6) is 0.162. The van der Waals surface area contributed by atoms with Gasteiger partial charge in [-0.05, 0) is 53.4 Å². The lowest BCUT2D eigenvalue weighted by atomic mass is 9.98. The summed E-state index contributed by atoms with van der Waals surface area (Å²) in [5, 5.41) is 19.4. The summed E-state index contributed by atoms with van der Waals surface area (Å²) in [4.78, 5) is 11.3.